The summed E-state index contributed by atoms with van der Waals surface area (Å²) in [6, 6.07) is 3.34. The van der Waals surface area contributed by atoms with E-state index in [4.69, 9.17) is 15.2 Å². The van der Waals surface area contributed by atoms with E-state index in [1.807, 2.05) is 0 Å². The van der Waals surface area contributed by atoms with Crippen LogP contribution in [0.3, 0.4) is 0 Å². The van der Waals surface area contributed by atoms with Crippen LogP contribution in [0.2, 0.25) is 0 Å². The third-order valence-corrected chi connectivity index (χ3v) is 3.91. The third-order valence-electron chi connectivity index (χ3n) is 3.91. The van der Waals surface area contributed by atoms with Crippen LogP contribution in [-0.4, -0.2) is 50.1 Å². The highest BCUT2D eigenvalue weighted by atomic mass is 16.7. The number of nitrogen functional groups attached to an aromatic ring is 1. The standard InChI is InChI=1S/C17H17N7O3/c18-16-15(17(25)22-12-1-3-19-4-2-12)23-13(8-20-16)11-7-21-24(9-11)10-14-26-5-6-27-14/h1-4,7-9,14H,5-6,10H2,(H2,18,20)(H,19,22,25). The Hall–Kier alpha value is -3.37. The zero-order valence-corrected chi connectivity index (χ0v) is 14.3. The Balaban J connectivity index is 1.53. The molecule has 1 saturated heterocycles. The zero-order valence-electron chi connectivity index (χ0n) is 14.3. The van der Waals surface area contributed by atoms with E-state index in [-0.39, 0.29) is 17.8 Å². The molecule has 138 valence electrons. The average Bonchev–Trinajstić information content (AvgIpc) is 3.35. The molecule has 0 atom stereocenters. The van der Waals surface area contributed by atoms with Crippen molar-refractivity contribution in [1.82, 2.24) is 24.7 Å². The number of anilines is 2. The second-order valence-electron chi connectivity index (χ2n) is 5.80. The molecular weight excluding hydrogens is 350 g/mol. The molecule has 0 aliphatic carbocycles. The molecule has 1 aliphatic rings. The molecule has 1 amide bonds. The molecule has 0 spiro atoms. The zero-order chi connectivity index (χ0) is 18.6. The van der Waals surface area contributed by atoms with Crippen molar-refractivity contribution in [3.05, 3.63) is 48.8 Å². The van der Waals surface area contributed by atoms with Crippen molar-refractivity contribution < 1.29 is 14.3 Å². The summed E-state index contributed by atoms with van der Waals surface area (Å²) in [6.07, 6.45) is 7.77. The molecule has 4 heterocycles. The van der Waals surface area contributed by atoms with Gasteiger partial charge in [0, 0.05) is 29.8 Å². The molecule has 3 N–H and O–H groups in total. The summed E-state index contributed by atoms with van der Waals surface area (Å²) in [7, 11) is 0. The highest BCUT2D eigenvalue weighted by Gasteiger charge is 2.18. The lowest BCUT2D eigenvalue weighted by Crippen LogP contribution is -2.17. The lowest BCUT2D eigenvalue weighted by molar-refractivity contribution is -0.0545. The van der Waals surface area contributed by atoms with Crippen LogP contribution >= 0.6 is 0 Å². The number of nitrogens with zero attached hydrogens (tertiary/aromatic N) is 5. The number of carbonyl (C=O) groups is 1. The van der Waals surface area contributed by atoms with Crippen LogP contribution < -0.4 is 11.1 Å². The molecule has 0 saturated carbocycles. The number of aromatic nitrogens is 5. The van der Waals surface area contributed by atoms with E-state index in [1.54, 1.807) is 41.6 Å². The number of hydrogen-bond donors (Lipinski definition) is 2. The van der Waals surface area contributed by atoms with Crippen LogP contribution in [0.5, 0.6) is 0 Å². The van der Waals surface area contributed by atoms with Crippen LogP contribution in [0, 0.1) is 0 Å². The lowest BCUT2D eigenvalue weighted by atomic mass is 10.2. The van der Waals surface area contributed by atoms with Gasteiger partial charge in [0.15, 0.2) is 17.8 Å². The van der Waals surface area contributed by atoms with Gasteiger partial charge in [-0.05, 0) is 12.1 Å². The Morgan fingerprint density at radius 3 is 2.81 bits per heavy atom. The van der Waals surface area contributed by atoms with Crippen LogP contribution in [-0.2, 0) is 16.0 Å². The predicted molar refractivity (Wildman–Crippen MR) is 95.5 cm³/mol. The minimum Gasteiger partial charge on any atom is -0.382 e. The van der Waals surface area contributed by atoms with Gasteiger partial charge >= 0.3 is 0 Å². The number of ether oxygens (including phenoxy) is 2. The van der Waals surface area contributed by atoms with Gasteiger partial charge in [-0.2, -0.15) is 5.10 Å². The van der Waals surface area contributed by atoms with Crippen molar-refractivity contribution in [3.8, 4) is 11.3 Å². The fraction of sp³-hybridized carbons (Fsp3) is 0.235. The Morgan fingerprint density at radius 1 is 1.26 bits per heavy atom. The summed E-state index contributed by atoms with van der Waals surface area (Å²) in [5.74, 6) is -0.404. The first-order chi connectivity index (χ1) is 13.2. The number of carbonyl (C=O) groups excluding carboxylic acids is 1. The molecule has 10 heteroatoms. The van der Waals surface area contributed by atoms with E-state index in [0.29, 0.717) is 36.7 Å². The molecule has 3 aromatic heterocycles. The quantitative estimate of drug-likeness (QED) is 0.681. The maximum atomic E-state index is 12.5. The first kappa shape index (κ1) is 17.1. The van der Waals surface area contributed by atoms with E-state index < -0.39 is 5.91 Å². The molecule has 3 aromatic rings. The van der Waals surface area contributed by atoms with Gasteiger partial charge in [-0.3, -0.25) is 14.5 Å². The molecular formula is C17H17N7O3. The first-order valence-electron chi connectivity index (χ1n) is 8.29. The van der Waals surface area contributed by atoms with Crippen LogP contribution in [0.4, 0.5) is 11.5 Å². The molecule has 4 rings (SSSR count). The summed E-state index contributed by atoms with van der Waals surface area (Å²) in [5.41, 5.74) is 7.66. The summed E-state index contributed by atoms with van der Waals surface area (Å²) in [5, 5.41) is 6.99. The number of hydrogen-bond acceptors (Lipinski definition) is 8. The van der Waals surface area contributed by atoms with Gasteiger partial charge in [0.1, 0.15) is 0 Å². The monoisotopic (exact) mass is 367 g/mol. The maximum Gasteiger partial charge on any atom is 0.278 e. The maximum absolute atomic E-state index is 12.5. The van der Waals surface area contributed by atoms with Gasteiger partial charge in [-0.15, -0.1) is 0 Å². The molecule has 0 radical (unpaired) electrons. The van der Waals surface area contributed by atoms with Crippen molar-refractivity contribution in [2.75, 3.05) is 24.3 Å². The predicted octanol–water partition coefficient (Wildman–Crippen LogP) is 0.942. The molecule has 0 unspecified atom stereocenters. The topological polar surface area (TPSA) is 130 Å². The fourth-order valence-corrected chi connectivity index (χ4v) is 2.59. The number of amides is 1. The number of rotatable bonds is 5. The van der Waals surface area contributed by atoms with Crippen molar-refractivity contribution >= 4 is 17.4 Å². The van der Waals surface area contributed by atoms with E-state index in [2.05, 4.69) is 25.4 Å². The lowest BCUT2D eigenvalue weighted by Gasteiger charge is -2.08. The van der Waals surface area contributed by atoms with E-state index in [9.17, 15) is 4.79 Å². The van der Waals surface area contributed by atoms with Crippen LogP contribution in [0.15, 0.2) is 43.1 Å². The highest BCUT2D eigenvalue weighted by Crippen LogP contribution is 2.19. The smallest absolute Gasteiger partial charge is 0.278 e. The number of nitrogens with two attached hydrogens (primary N) is 1. The summed E-state index contributed by atoms with van der Waals surface area (Å²) in [6.45, 7) is 1.63. The van der Waals surface area contributed by atoms with Crippen molar-refractivity contribution in [3.63, 3.8) is 0 Å². The van der Waals surface area contributed by atoms with Gasteiger partial charge in [-0.25, -0.2) is 9.97 Å². The third kappa shape index (κ3) is 3.91. The van der Waals surface area contributed by atoms with Crippen LogP contribution in [0.1, 0.15) is 10.5 Å². The SMILES string of the molecule is Nc1ncc(-c2cnn(CC3OCCO3)c2)nc1C(=O)Nc1ccncc1. The Bertz CT molecular complexity index is 939. The molecule has 1 aliphatic heterocycles. The van der Waals surface area contributed by atoms with Gasteiger partial charge < -0.3 is 20.5 Å². The minimum absolute atomic E-state index is 0.0412. The summed E-state index contributed by atoms with van der Waals surface area (Å²) < 4.78 is 12.5. The Labute approximate surface area is 154 Å². The van der Waals surface area contributed by atoms with Crippen molar-refractivity contribution in [2.24, 2.45) is 0 Å². The average molecular weight is 367 g/mol. The number of nitrogens with one attached hydrogen (secondary N) is 1. The normalized spacial score (nSPS) is 14.4. The Kier molecular flexibility index (Phi) is 4.73. The summed E-state index contributed by atoms with van der Waals surface area (Å²) in [4.78, 5) is 24.8. The number of pyridine rings is 1. The van der Waals surface area contributed by atoms with Gasteiger partial charge in [-0.1, -0.05) is 0 Å². The van der Waals surface area contributed by atoms with Gasteiger partial charge in [0.2, 0.25) is 0 Å². The van der Waals surface area contributed by atoms with E-state index in [1.165, 1.54) is 6.20 Å². The molecule has 27 heavy (non-hydrogen) atoms. The van der Waals surface area contributed by atoms with Crippen LogP contribution in [0.25, 0.3) is 11.3 Å². The Morgan fingerprint density at radius 2 is 2.04 bits per heavy atom. The van der Waals surface area contributed by atoms with Gasteiger partial charge in [0.05, 0.1) is 37.8 Å². The van der Waals surface area contributed by atoms with Crippen molar-refractivity contribution in [2.45, 2.75) is 12.8 Å². The highest BCUT2D eigenvalue weighted by molar-refractivity contribution is 6.05. The molecule has 0 aromatic carbocycles. The second-order valence-corrected chi connectivity index (χ2v) is 5.80. The second kappa shape index (κ2) is 7.48. The van der Waals surface area contributed by atoms with Gasteiger partial charge in [0.25, 0.3) is 5.91 Å². The molecule has 0 bridgehead atoms. The minimum atomic E-state index is -0.451. The van der Waals surface area contributed by atoms with E-state index >= 15 is 0 Å². The largest absolute Gasteiger partial charge is 0.382 e. The summed E-state index contributed by atoms with van der Waals surface area (Å²) >= 11 is 0. The molecule has 10 nitrogen and oxygen atoms in total. The van der Waals surface area contributed by atoms with Crippen molar-refractivity contribution in [1.29, 1.82) is 0 Å². The first-order valence-corrected chi connectivity index (χ1v) is 8.29. The van der Waals surface area contributed by atoms with E-state index in [0.717, 1.165) is 0 Å². The fourth-order valence-electron chi connectivity index (χ4n) is 2.59. The molecule has 1 fully saturated rings.